The second kappa shape index (κ2) is 12.9. The summed E-state index contributed by atoms with van der Waals surface area (Å²) < 4.78 is 5.32. The minimum Gasteiger partial charge on any atom is -0.444 e. The summed E-state index contributed by atoms with van der Waals surface area (Å²) in [4.78, 5) is 53.8. The molecule has 4 amide bonds. The van der Waals surface area contributed by atoms with Gasteiger partial charge in [0.15, 0.2) is 0 Å². The van der Waals surface area contributed by atoms with E-state index in [-0.39, 0.29) is 11.9 Å². The monoisotopic (exact) mass is 516 g/mol. The Balaban J connectivity index is 2.51. The number of carbonyl (C=O) groups is 4. The molecule has 0 spiro atoms. The molecule has 2 rings (SSSR count). The average molecular weight is 517 g/mol. The molecule has 0 saturated heterocycles. The molecule has 1 aromatic carbocycles. The highest BCUT2D eigenvalue weighted by molar-refractivity contribution is 5.95. The number of carbonyl (C=O) groups excluding carboxylic acids is 4. The van der Waals surface area contributed by atoms with E-state index in [0.717, 1.165) is 43.2 Å². The first kappa shape index (κ1) is 30.1. The van der Waals surface area contributed by atoms with Crippen molar-refractivity contribution < 1.29 is 23.9 Å². The first-order valence-corrected chi connectivity index (χ1v) is 13.2. The zero-order valence-electron chi connectivity index (χ0n) is 23.3. The quantitative estimate of drug-likeness (QED) is 0.459. The molecule has 0 aliphatic heterocycles. The van der Waals surface area contributed by atoms with E-state index >= 15 is 0 Å². The molecule has 1 aliphatic carbocycles. The Morgan fingerprint density at radius 3 is 2.24 bits per heavy atom. The standard InChI is InChI=1S/C28H44N4O5/c1-17(2)32(26(35)22(16-23(29)33)31-27(36)37-28(5,6)7)24(21-15-11-12-18(3)19(21)4)25(34)30-20-13-9-8-10-14-20/h11-12,15,17,20,22,24H,8-10,13-14,16H2,1-7H3,(H2,29,33)(H,30,34)(H,31,36). The van der Waals surface area contributed by atoms with Crippen LogP contribution in [0.25, 0.3) is 0 Å². The fraction of sp³-hybridized carbons (Fsp3) is 0.643. The van der Waals surface area contributed by atoms with Gasteiger partial charge in [0.25, 0.3) is 0 Å². The van der Waals surface area contributed by atoms with Crippen molar-refractivity contribution in [2.45, 2.75) is 117 Å². The van der Waals surface area contributed by atoms with E-state index in [1.54, 1.807) is 34.6 Å². The molecule has 1 aromatic rings. The van der Waals surface area contributed by atoms with Crippen LogP contribution in [0.4, 0.5) is 4.79 Å². The summed E-state index contributed by atoms with van der Waals surface area (Å²) in [7, 11) is 0. The van der Waals surface area contributed by atoms with Crippen LogP contribution >= 0.6 is 0 Å². The predicted molar refractivity (Wildman–Crippen MR) is 143 cm³/mol. The Morgan fingerprint density at radius 1 is 1.08 bits per heavy atom. The van der Waals surface area contributed by atoms with Crippen molar-refractivity contribution in [2.24, 2.45) is 5.73 Å². The van der Waals surface area contributed by atoms with Gasteiger partial charge in [-0.05, 0) is 78.0 Å². The van der Waals surface area contributed by atoms with Crippen LogP contribution in [0.3, 0.4) is 0 Å². The highest BCUT2D eigenvalue weighted by Gasteiger charge is 2.39. The van der Waals surface area contributed by atoms with Gasteiger partial charge in [-0.25, -0.2) is 4.79 Å². The number of hydrogen-bond donors (Lipinski definition) is 3. The summed E-state index contributed by atoms with van der Waals surface area (Å²) in [6.45, 7) is 12.6. The van der Waals surface area contributed by atoms with E-state index < -0.39 is 48.1 Å². The lowest BCUT2D eigenvalue weighted by molar-refractivity contribution is -0.145. The number of nitrogens with zero attached hydrogens (tertiary/aromatic N) is 1. The summed E-state index contributed by atoms with van der Waals surface area (Å²) in [5.74, 6) is -1.62. The van der Waals surface area contributed by atoms with Gasteiger partial charge >= 0.3 is 6.09 Å². The third kappa shape index (κ3) is 8.76. The van der Waals surface area contributed by atoms with Crippen LogP contribution in [0.1, 0.15) is 95.9 Å². The van der Waals surface area contributed by atoms with E-state index in [4.69, 9.17) is 10.5 Å². The highest BCUT2D eigenvalue weighted by Crippen LogP contribution is 2.30. The Labute approximate surface area is 220 Å². The summed E-state index contributed by atoms with van der Waals surface area (Å²) in [5, 5.41) is 5.68. The van der Waals surface area contributed by atoms with Crippen molar-refractivity contribution in [2.75, 3.05) is 0 Å². The average Bonchev–Trinajstić information content (AvgIpc) is 2.77. The maximum Gasteiger partial charge on any atom is 0.408 e. The van der Waals surface area contributed by atoms with Crippen LogP contribution in [0, 0.1) is 13.8 Å². The molecule has 2 unspecified atom stereocenters. The number of primary amides is 1. The van der Waals surface area contributed by atoms with Gasteiger partial charge in [-0.2, -0.15) is 0 Å². The van der Waals surface area contributed by atoms with Crippen LogP contribution in [-0.4, -0.2) is 52.4 Å². The lowest BCUT2D eigenvalue weighted by Gasteiger charge is -2.38. The molecular weight excluding hydrogens is 472 g/mol. The van der Waals surface area contributed by atoms with Crippen LogP contribution < -0.4 is 16.4 Å². The fourth-order valence-electron chi connectivity index (χ4n) is 4.73. The first-order chi connectivity index (χ1) is 17.2. The molecule has 1 fully saturated rings. The van der Waals surface area contributed by atoms with Crippen molar-refractivity contribution in [3.05, 3.63) is 34.9 Å². The number of alkyl carbamates (subject to hydrolysis) is 1. The van der Waals surface area contributed by atoms with Crippen LogP contribution in [0.5, 0.6) is 0 Å². The topological polar surface area (TPSA) is 131 Å². The third-order valence-electron chi connectivity index (χ3n) is 6.62. The van der Waals surface area contributed by atoms with Crippen molar-refractivity contribution in [1.82, 2.24) is 15.5 Å². The van der Waals surface area contributed by atoms with Crippen molar-refractivity contribution in [1.29, 1.82) is 0 Å². The van der Waals surface area contributed by atoms with Gasteiger partial charge in [0.2, 0.25) is 17.7 Å². The molecule has 4 N–H and O–H groups in total. The second-order valence-corrected chi connectivity index (χ2v) is 11.2. The molecule has 0 radical (unpaired) electrons. The fourth-order valence-corrected chi connectivity index (χ4v) is 4.73. The minimum absolute atomic E-state index is 0.0410. The van der Waals surface area contributed by atoms with Gasteiger partial charge in [-0.1, -0.05) is 37.5 Å². The summed E-state index contributed by atoms with van der Waals surface area (Å²) >= 11 is 0. The molecule has 1 aliphatic rings. The molecular formula is C28H44N4O5. The van der Waals surface area contributed by atoms with Crippen LogP contribution in [0.15, 0.2) is 18.2 Å². The molecule has 0 heterocycles. The number of nitrogens with two attached hydrogens (primary N) is 1. The highest BCUT2D eigenvalue weighted by atomic mass is 16.6. The van der Waals surface area contributed by atoms with E-state index in [0.29, 0.717) is 5.56 Å². The summed E-state index contributed by atoms with van der Waals surface area (Å²) in [6.07, 6.45) is 3.76. The number of hydrogen-bond acceptors (Lipinski definition) is 5. The maximum atomic E-state index is 14.0. The predicted octanol–water partition coefficient (Wildman–Crippen LogP) is 3.80. The Bertz CT molecular complexity index is 979. The number of aryl methyl sites for hydroxylation is 1. The molecule has 37 heavy (non-hydrogen) atoms. The second-order valence-electron chi connectivity index (χ2n) is 11.2. The van der Waals surface area contributed by atoms with Gasteiger partial charge < -0.3 is 26.0 Å². The maximum absolute atomic E-state index is 14.0. The molecule has 9 nitrogen and oxygen atoms in total. The summed E-state index contributed by atoms with van der Waals surface area (Å²) in [6, 6.07) is 3.04. The largest absolute Gasteiger partial charge is 0.444 e. The molecule has 0 aromatic heterocycles. The third-order valence-corrected chi connectivity index (χ3v) is 6.62. The minimum atomic E-state index is -1.29. The number of ether oxygens (including phenoxy) is 1. The molecule has 206 valence electrons. The molecule has 9 heteroatoms. The lowest BCUT2D eigenvalue weighted by Crippen LogP contribution is -2.56. The van der Waals surface area contributed by atoms with E-state index in [2.05, 4.69) is 10.6 Å². The zero-order valence-corrected chi connectivity index (χ0v) is 23.3. The number of benzene rings is 1. The number of nitrogens with one attached hydrogen (secondary N) is 2. The van der Waals surface area contributed by atoms with Gasteiger partial charge in [0.05, 0.1) is 6.42 Å². The van der Waals surface area contributed by atoms with Crippen LogP contribution in [0.2, 0.25) is 0 Å². The van der Waals surface area contributed by atoms with Crippen LogP contribution in [-0.2, 0) is 19.1 Å². The van der Waals surface area contributed by atoms with Crippen molar-refractivity contribution in [3.8, 4) is 0 Å². The summed E-state index contributed by atoms with van der Waals surface area (Å²) in [5.41, 5.74) is 7.23. The van der Waals surface area contributed by atoms with Gasteiger partial charge in [-0.15, -0.1) is 0 Å². The molecule has 2 atom stereocenters. The van der Waals surface area contributed by atoms with E-state index in [1.807, 2.05) is 32.0 Å². The lowest BCUT2D eigenvalue weighted by atomic mass is 9.92. The van der Waals surface area contributed by atoms with Crippen molar-refractivity contribution >= 4 is 23.8 Å². The first-order valence-electron chi connectivity index (χ1n) is 13.2. The Kier molecular flexibility index (Phi) is 10.5. The van der Waals surface area contributed by atoms with E-state index in [1.165, 1.54) is 4.90 Å². The smallest absolute Gasteiger partial charge is 0.408 e. The zero-order chi connectivity index (χ0) is 27.9. The molecule has 1 saturated carbocycles. The SMILES string of the molecule is Cc1cccc(C(C(=O)NC2CCCCC2)N(C(=O)C(CC(N)=O)NC(=O)OC(C)(C)C)C(C)C)c1C. The number of amides is 4. The van der Waals surface area contributed by atoms with Gasteiger partial charge in [0.1, 0.15) is 17.7 Å². The van der Waals surface area contributed by atoms with Crippen molar-refractivity contribution in [3.63, 3.8) is 0 Å². The Morgan fingerprint density at radius 2 is 1.70 bits per heavy atom. The normalized spacial score (nSPS) is 16.0. The van der Waals surface area contributed by atoms with Gasteiger partial charge in [0, 0.05) is 12.1 Å². The molecule has 0 bridgehead atoms. The number of rotatable bonds is 9. The van der Waals surface area contributed by atoms with E-state index in [9.17, 15) is 19.2 Å². The van der Waals surface area contributed by atoms with Gasteiger partial charge in [-0.3, -0.25) is 14.4 Å². The Hall–Kier alpha value is -3.10.